The fourth-order valence-electron chi connectivity index (χ4n) is 1.20. The van der Waals surface area contributed by atoms with Crippen LogP contribution in [-0.4, -0.2) is 39.3 Å². The smallest absolute Gasteiger partial charge is 0.171 e. The number of methoxy groups -OCH3 is 3. The van der Waals surface area contributed by atoms with Gasteiger partial charge in [-0.05, 0) is 26.7 Å². The minimum atomic E-state index is -0.331. The SMILES string of the molecule is COC(OC)C(N)CCC(C)(C)OC. The molecule has 0 fully saturated rings. The summed E-state index contributed by atoms with van der Waals surface area (Å²) in [5, 5.41) is 0. The molecule has 0 heterocycles. The molecule has 0 amide bonds. The Hall–Kier alpha value is -0.160. The molecule has 0 aromatic rings. The highest BCUT2D eigenvalue weighted by Gasteiger charge is 2.22. The van der Waals surface area contributed by atoms with Crippen LogP contribution in [0.3, 0.4) is 0 Å². The van der Waals surface area contributed by atoms with Gasteiger partial charge in [0.15, 0.2) is 6.29 Å². The zero-order valence-electron chi connectivity index (χ0n) is 9.87. The van der Waals surface area contributed by atoms with E-state index in [0.717, 1.165) is 12.8 Å². The second kappa shape index (κ2) is 6.35. The largest absolute Gasteiger partial charge is 0.379 e. The Morgan fingerprint density at radius 1 is 1.14 bits per heavy atom. The van der Waals surface area contributed by atoms with E-state index in [1.54, 1.807) is 21.3 Å². The van der Waals surface area contributed by atoms with Crippen molar-refractivity contribution in [3.8, 4) is 0 Å². The molecule has 0 saturated carbocycles. The minimum Gasteiger partial charge on any atom is -0.379 e. The second-order valence-corrected chi connectivity index (χ2v) is 4.01. The van der Waals surface area contributed by atoms with Gasteiger partial charge in [0.05, 0.1) is 11.6 Å². The average molecular weight is 205 g/mol. The summed E-state index contributed by atoms with van der Waals surface area (Å²) >= 11 is 0. The number of hydrogen-bond donors (Lipinski definition) is 1. The van der Waals surface area contributed by atoms with Crippen LogP contribution >= 0.6 is 0 Å². The van der Waals surface area contributed by atoms with Crippen LogP contribution in [0, 0.1) is 0 Å². The molecule has 0 spiro atoms. The van der Waals surface area contributed by atoms with Gasteiger partial charge in [-0.25, -0.2) is 0 Å². The first-order chi connectivity index (χ1) is 6.46. The van der Waals surface area contributed by atoms with Crippen molar-refractivity contribution in [1.29, 1.82) is 0 Å². The second-order valence-electron chi connectivity index (χ2n) is 4.01. The van der Waals surface area contributed by atoms with Crippen molar-refractivity contribution in [3.05, 3.63) is 0 Å². The van der Waals surface area contributed by atoms with Crippen molar-refractivity contribution >= 4 is 0 Å². The predicted molar refractivity (Wildman–Crippen MR) is 56.1 cm³/mol. The van der Waals surface area contributed by atoms with Crippen LogP contribution < -0.4 is 5.73 Å². The van der Waals surface area contributed by atoms with Crippen LogP contribution in [0.25, 0.3) is 0 Å². The Morgan fingerprint density at radius 3 is 2.00 bits per heavy atom. The van der Waals surface area contributed by atoms with Crippen LogP contribution in [0.15, 0.2) is 0 Å². The lowest BCUT2D eigenvalue weighted by atomic mass is 9.99. The third-order valence-electron chi connectivity index (χ3n) is 2.45. The molecule has 0 rings (SSSR count). The highest BCUT2D eigenvalue weighted by molar-refractivity contribution is 4.74. The van der Waals surface area contributed by atoms with Crippen molar-refractivity contribution in [2.45, 2.75) is 44.6 Å². The van der Waals surface area contributed by atoms with E-state index in [0.29, 0.717) is 0 Å². The van der Waals surface area contributed by atoms with Crippen molar-refractivity contribution < 1.29 is 14.2 Å². The van der Waals surface area contributed by atoms with Crippen molar-refractivity contribution in [1.82, 2.24) is 0 Å². The lowest BCUT2D eigenvalue weighted by molar-refractivity contribution is -0.120. The predicted octanol–water partition coefficient (Wildman–Crippen LogP) is 1.14. The summed E-state index contributed by atoms with van der Waals surface area (Å²) in [4.78, 5) is 0. The van der Waals surface area contributed by atoms with Gasteiger partial charge in [0.25, 0.3) is 0 Å². The van der Waals surface area contributed by atoms with Gasteiger partial charge in [-0.1, -0.05) is 0 Å². The monoisotopic (exact) mass is 205 g/mol. The molecule has 0 bridgehead atoms. The van der Waals surface area contributed by atoms with Crippen molar-refractivity contribution in [2.24, 2.45) is 5.73 Å². The molecule has 86 valence electrons. The third-order valence-corrected chi connectivity index (χ3v) is 2.45. The van der Waals surface area contributed by atoms with E-state index >= 15 is 0 Å². The molecule has 0 aliphatic rings. The van der Waals surface area contributed by atoms with Gasteiger partial charge >= 0.3 is 0 Å². The van der Waals surface area contributed by atoms with Gasteiger partial charge in [-0.3, -0.25) is 0 Å². The zero-order chi connectivity index (χ0) is 11.2. The summed E-state index contributed by atoms with van der Waals surface area (Å²) in [6.07, 6.45) is 1.36. The first-order valence-electron chi connectivity index (χ1n) is 4.83. The molecular formula is C10H23NO3. The number of ether oxygens (including phenoxy) is 3. The molecule has 1 unspecified atom stereocenters. The van der Waals surface area contributed by atoms with Gasteiger partial charge in [0.2, 0.25) is 0 Å². The maximum atomic E-state index is 5.90. The van der Waals surface area contributed by atoms with Crippen molar-refractivity contribution in [3.63, 3.8) is 0 Å². The summed E-state index contributed by atoms with van der Waals surface area (Å²) in [5.74, 6) is 0. The lowest BCUT2D eigenvalue weighted by Gasteiger charge is -2.27. The summed E-state index contributed by atoms with van der Waals surface area (Å²) < 4.78 is 15.4. The van der Waals surface area contributed by atoms with E-state index in [9.17, 15) is 0 Å². The lowest BCUT2D eigenvalue weighted by Crippen LogP contribution is -2.39. The molecule has 4 nitrogen and oxygen atoms in total. The average Bonchev–Trinajstić information content (AvgIpc) is 2.17. The molecule has 0 aromatic carbocycles. The molecule has 2 N–H and O–H groups in total. The topological polar surface area (TPSA) is 53.7 Å². The molecule has 0 aromatic heterocycles. The zero-order valence-corrected chi connectivity index (χ0v) is 9.87. The molecule has 0 aliphatic carbocycles. The molecular weight excluding hydrogens is 182 g/mol. The Balaban J connectivity index is 3.88. The van der Waals surface area contributed by atoms with Crippen molar-refractivity contribution in [2.75, 3.05) is 21.3 Å². The summed E-state index contributed by atoms with van der Waals surface area (Å²) in [6, 6.07) is -0.112. The summed E-state index contributed by atoms with van der Waals surface area (Å²) in [7, 11) is 4.89. The van der Waals surface area contributed by atoms with Crippen LogP contribution in [0.4, 0.5) is 0 Å². The van der Waals surface area contributed by atoms with E-state index in [2.05, 4.69) is 0 Å². The molecule has 1 atom stereocenters. The summed E-state index contributed by atoms with van der Waals surface area (Å²) in [5.41, 5.74) is 5.76. The first-order valence-corrected chi connectivity index (χ1v) is 4.83. The fraction of sp³-hybridized carbons (Fsp3) is 1.00. The Morgan fingerprint density at radius 2 is 1.64 bits per heavy atom. The minimum absolute atomic E-state index is 0.112. The van der Waals surface area contributed by atoms with Crippen LogP contribution in [0.2, 0.25) is 0 Å². The van der Waals surface area contributed by atoms with Gasteiger partial charge in [0.1, 0.15) is 0 Å². The van der Waals surface area contributed by atoms with Gasteiger partial charge < -0.3 is 19.9 Å². The molecule has 0 saturated heterocycles. The Bertz CT molecular complexity index is 146. The molecule has 14 heavy (non-hydrogen) atoms. The normalized spacial score (nSPS) is 14.8. The fourth-order valence-corrected chi connectivity index (χ4v) is 1.20. The van der Waals surface area contributed by atoms with Gasteiger partial charge in [0, 0.05) is 21.3 Å². The maximum absolute atomic E-state index is 5.90. The van der Waals surface area contributed by atoms with Gasteiger partial charge in [-0.2, -0.15) is 0 Å². The standard InChI is InChI=1S/C10H23NO3/c1-10(2,14-5)7-6-8(11)9(12-3)13-4/h8-9H,6-7,11H2,1-5H3. The summed E-state index contributed by atoms with van der Waals surface area (Å²) in [6.45, 7) is 4.07. The van der Waals surface area contributed by atoms with E-state index in [1.807, 2.05) is 13.8 Å². The molecule has 4 heteroatoms. The Kier molecular flexibility index (Phi) is 6.27. The number of nitrogens with two attached hydrogens (primary N) is 1. The van der Waals surface area contributed by atoms with E-state index in [4.69, 9.17) is 19.9 Å². The van der Waals surface area contributed by atoms with E-state index in [1.165, 1.54) is 0 Å². The van der Waals surface area contributed by atoms with Gasteiger partial charge in [-0.15, -0.1) is 0 Å². The highest BCUT2D eigenvalue weighted by Crippen LogP contribution is 2.17. The maximum Gasteiger partial charge on any atom is 0.171 e. The number of hydrogen-bond acceptors (Lipinski definition) is 4. The third kappa shape index (κ3) is 4.91. The highest BCUT2D eigenvalue weighted by atomic mass is 16.7. The molecule has 0 radical (unpaired) electrons. The first kappa shape index (κ1) is 13.8. The van der Waals surface area contributed by atoms with Crippen LogP contribution in [0.1, 0.15) is 26.7 Å². The van der Waals surface area contributed by atoms with Crippen LogP contribution in [0.5, 0.6) is 0 Å². The van der Waals surface area contributed by atoms with Crippen LogP contribution in [-0.2, 0) is 14.2 Å². The van der Waals surface area contributed by atoms with E-state index in [-0.39, 0.29) is 17.9 Å². The molecule has 0 aliphatic heterocycles. The van der Waals surface area contributed by atoms with E-state index < -0.39 is 0 Å². The number of rotatable bonds is 7. The quantitative estimate of drug-likeness (QED) is 0.633. The Labute approximate surface area is 86.7 Å².